The van der Waals surface area contributed by atoms with Crippen LogP contribution in [0.4, 0.5) is 0 Å². The smallest absolute Gasteiger partial charge is 0.0995 e. The third kappa shape index (κ3) is 2.23. The van der Waals surface area contributed by atoms with Crippen LogP contribution in [0.5, 0.6) is 0 Å². The van der Waals surface area contributed by atoms with Crippen LogP contribution in [0.25, 0.3) is 5.69 Å². The lowest BCUT2D eigenvalue weighted by atomic mass is 10.1. The second-order valence-corrected chi connectivity index (χ2v) is 4.63. The molecule has 1 atom stereocenters. The molecule has 0 bridgehead atoms. The first-order valence-corrected chi connectivity index (χ1v) is 6.65. The van der Waals surface area contributed by atoms with Gasteiger partial charge in [-0.05, 0) is 12.5 Å². The molecule has 1 aromatic carbocycles. The van der Waals surface area contributed by atoms with Crippen LogP contribution in [0.1, 0.15) is 24.2 Å². The highest BCUT2D eigenvalue weighted by atomic mass is 15.3. The van der Waals surface area contributed by atoms with E-state index in [1.54, 1.807) is 12.5 Å². The second kappa shape index (κ2) is 5.30. The number of hydrogen-bond donors (Lipinski definition) is 1. The molecule has 0 aliphatic rings. The lowest BCUT2D eigenvalue weighted by Crippen LogP contribution is -2.15. The van der Waals surface area contributed by atoms with E-state index in [1.807, 2.05) is 52.0 Å². The lowest BCUT2D eigenvalue weighted by Gasteiger charge is -2.13. The van der Waals surface area contributed by atoms with E-state index < -0.39 is 0 Å². The van der Waals surface area contributed by atoms with Gasteiger partial charge in [-0.3, -0.25) is 9.25 Å². The van der Waals surface area contributed by atoms with Crippen molar-refractivity contribution in [2.45, 2.75) is 19.5 Å². The molecule has 0 amide bonds. The van der Waals surface area contributed by atoms with Crippen molar-refractivity contribution in [1.82, 2.24) is 19.3 Å². The largest absolute Gasteiger partial charge is 0.319 e. The minimum atomic E-state index is -0.205. The van der Waals surface area contributed by atoms with Gasteiger partial charge in [-0.1, -0.05) is 30.3 Å². The first-order valence-electron chi connectivity index (χ1n) is 6.65. The Hall–Kier alpha value is -2.40. The zero-order valence-corrected chi connectivity index (χ0v) is 11.3. The summed E-state index contributed by atoms with van der Waals surface area (Å²) in [6.45, 7) is 2.90. The number of hydrogen-bond acceptors (Lipinski definition) is 3. The molecular weight excluding hydrogens is 250 g/mol. The van der Waals surface area contributed by atoms with E-state index in [9.17, 15) is 0 Å². The van der Waals surface area contributed by atoms with E-state index in [0.717, 1.165) is 23.5 Å². The highest BCUT2D eigenvalue weighted by Gasteiger charge is 2.15. The molecule has 5 heteroatoms. The minimum Gasteiger partial charge on any atom is -0.319 e. The van der Waals surface area contributed by atoms with Gasteiger partial charge in [0.15, 0.2) is 0 Å². The van der Waals surface area contributed by atoms with Gasteiger partial charge < -0.3 is 5.73 Å². The number of nitrogens with zero attached hydrogens (tertiary/aromatic N) is 4. The van der Waals surface area contributed by atoms with Gasteiger partial charge in [0.25, 0.3) is 0 Å². The first-order chi connectivity index (χ1) is 9.79. The summed E-state index contributed by atoms with van der Waals surface area (Å²) in [5, 5.41) is 4.29. The van der Waals surface area contributed by atoms with E-state index in [4.69, 9.17) is 5.73 Å². The van der Waals surface area contributed by atoms with Crippen LogP contribution in [-0.4, -0.2) is 19.3 Å². The average molecular weight is 267 g/mol. The molecule has 5 nitrogen and oxygen atoms in total. The van der Waals surface area contributed by atoms with Crippen LogP contribution < -0.4 is 5.73 Å². The molecule has 3 aromatic rings. The summed E-state index contributed by atoms with van der Waals surface area (Å²) in [7, 11) is 0. The molecule has 20 heavy (non-hydrogen) atoms. The fraction of sp³-hybridized carbons (Fsp3) is 0.200. The molecule has 0 spiro atoms. The van der Waals surface area contributed by atoms with E-state index in [-0.39, 0.29) is 6.04 Å². The number of nitrogens with two attached hydrogens (primary N) is 1. The first kappa shape index (κ1) is 12.6. The van der Waals surface area contributed by atoms with Crippen molar-refractivity contribution in [3.05, 3.63) is 66.5 Å². The summed E-state index contributed by atoms with van der Waals surface area (Å²) < 4.78 is 3.87. The van der Waals surface area contributed by atoms with Gasteiger partial charge in [0.1, 0.15) is 0 Å². The normalized spacial score (nSPS) is 12.5. The number of aryl methyl sites for hydroxylation is 1. The number of aromatic nitrogens is 4. The third-order valence-electron chi connectivity index (χ3n) is 3.37. The van der Waals surface area contributed by atoms with Crippen molar-refractivity contribution in [2.24, 2.45) is 5.73 Å². The zero-order chi connectivity index (χ0) is 13.9. The van der Waals surface area contributed by atoms with Gasteiger partial charge in [-0.25, -0.2) is 4.98 Å². The Morgan fingerprint density at radius 2 is 2.00 bits per heavy atom. The van der Waals surface area contributed by atoms with Crippen LogP contribution in [0.15, 0.2) is 55.2 Å². The predicted octanol–water partition coefficient (Wildman–Crippen LogP) is 2.14. The molecule has 3 rings (SSSR count). The predicted molar refractivity (Wildman–Crippen MR) is 77.5 cm³/mol. The highest BCUT2D eigenvalue weighted by molar-refractivity contribution is 5.34. The third-order valence-corrected chi connectivity index (χ3v) is 3.37. The molecule has 2 heterocycles. The Labute approximate surface area is 117 Å². The molecule has 102 valence electrons. The molecular formula is C15H17N5. The van der Waals surface area contributed by atoms with Gasteiger partial charge in [0.2, 0.25) is 0 Å². The van der Waals surface area contributed by atoms with Crippen LogP contribution in [-0.2, 0) is 6.54 Å². The quantitative estimate of drug-likeness (QED) is 0.787. The molecule has 1 unspecified atom stereocenters. The van der Waals surface area contributed by atoms with E-state index in [2.05, 4.69) is 17.0 Å². The summed E-state index contributed by atoms with van der Waals surface area (Å²) in [6.07, 6.45) is 7.39. The SMILES string of the molecule is CCn1cc(-n2cncc2C(N)c2ccccc2)cn1. The van der Waals surface area contributed by atoms with Gasteiger partial charge in [0, 0.05) is 12.7 Å². The fourth-order valence-corrected chi connectivity index (χ4v) is 2.23. The maximum Gasteiger partial charge on any atom is 0.0995 e. The maximum atomic E-state index is 6.35. The Morgan fingerprint density at radius 1 is 1.20 bits per heavy atom. The Morgan fingerprint density at radius 3 is 2.70 bits per heavy atom. The van der Waals surface area contributed by atoms with Crippen molar-refractivity contribution < 1.29 is 0 Å². The summed E-state index contributed by atoms with van der Waals surface area (Å²) in [5.74, 6) is 0. The maximum absolute atomic E-state index is 6.35. The van der Waals surface area contributed by atoms with Gasteiger partial charge in [0.05, 0.1) is 36.1 Å². The van der Waals surface area contributed by atoms with E-state index in [0.29, 0.717) is 0 Å². The standard InChI is InChI=1S/C15H17N5/c1-2-19-10-13(8-18-19)20-11-17-9-14(20)15(16)12-6-4-3-5-7-12/h3-11,15H,2,16H2,1H3. The van der Waals surface area contributed by atoms with Gasteiger partial charge in [-0.2, -0.15) is 5.10 Å². The Kier molecular flexibility index (Phi) is 3.35. The molecule has 0 aliphatic carbocycles. The van der Waals surface area contributed by atoms with Gasteiger partial charge in [-0.15, -0.1) is 0 Å². The molecule has 0 saturated heterocycles. The lowest BCUT2D eigenvalue weighted by molar-refractivity contribution is 0.659. The number of benzene rings is 1. The molecule has 2 N–H and O–H groups in total. The topological polar surface area (TPSA) is 61.7 Å². The molecule has 2 aromatic heterocycles. The van der Waals surface area contributed by atoms with Crippen LogP contribution >= 0.6 is 0 Å². The van der Waals surface area contributed by atoms with Crippen LogP contribution in [0.3, 0.4) is 0 Å². The van der Waals surface area contributed by atoms with E-state index >= 15 is 0 Å². The van der Waals surface area contributed by atoms with E-state index in [1.165, 1.54) is 0 Å². The van der Waals surface area contributed by atoms with Crippen LogP contribution in [0.2, 0.25) is 0 Å². The Balaban J connectivity index is 1.98. The average Bonchev–Trinajstić information content (AvgIpc) is 3.15. The van der Waals surface area contributed by atoms with Crippen LogP contribution in [0, 0.1) is 0 Å². The molecule has 0 fully saturated rings. The highest BCUT2D eigenvalue weighted by Crippen LogP contribution is 2.21. The molecule has 0 saturated carbocycles. The molecule has 0 radical (unpaired) electrons. The van der Waals surface area contributed by atoms with Crippen molar-refractivity contribution in [2.75, 3.05) is 0 Å². The van der Waals surface area contributed by atoms with Gasteiger partial charge >= 0.3 is 0 Å². The summed E-state index contributed by atoms with van der Waals surface area (Å²) in [5.41, 5.74) is 9.35. The zero-order valence-electron chi connectivity index (χ0n) is 11.3. The monoisotopic (exact) mass is 267 g/mol. The summed E-state index contributed by atoms with van der Waals surface area (Å²) in [4.78, 5) is 4.23. The summed E-state index contributed by atoms with van der Waals surface area (Å²) in [6, 6.07) is 9.81. The Bertz CT molecular complexity index is 683. The van der Waals surface area contributed by atoms with Crippen molar-refractivity contribution in [1.29, 1.82) is 0 Å². The second-order valence-electron chi connectivity index (χ2n) is 4.63. The number of rotatable bonds is 4. The number of imidazole rings is 1. The van der Waals surface area contributed by atoms with Crippen molar-refractivity contribution in [3.63, 3.8) is 0 Å². The van der Waals surface area contributed by atoms with Crippen molar-refractivity contribution >= 4 is 0 Å². The fourth-order valence-electron chi connectivity index (χ4n) is 2.23. The summed E-state index contributed by atoms with van der Waals surface area (Å²) >= 11 is 0. The van der Waals surface area contributed by atoms with Crippen molar-refractivity contribution in [3.8, 4) is 5.69 Å². The minimum absolute atomic E-state index is 0.205. The molecule has 0 aliphatic heterocycles.